The third-order valence-corrected chi connectivity index (χ3v) is 3.86. The first-order valence-corrected chi connectivity index (χ1v) is 8.07. The quantitative estimate of drug-likeness (QED) is 0.814. The Bertz CT molecular complexity index is 647. The van der Waals surface area contributed by atoms with Gasteiger partial charge in [0.1, 0.15) is 12.6 Å². The molecule has 1 aliphatic rings. The number of nitrogens with one attached hydrogen (secondary N) is 2. The zero-order chi connectivity index (χ0) is 18.4. The summed E-state index contributed by atoms with van der Waals surface area (Å²) in [6, 6.07) is 6.61. The van der Waals surface area contributed by atoms with E-state index in [4.69, 9.17) is 4.74 Å². The van der Waals surface area contributed by atoms with Crippen LogP contribution in [0.3, 0.4) is 0 Å². The fourth-order valence-corrected chi connectivity index (χ4v) is 2.48. The van der Waals surface area contributed by atoms with Gasteiger partial charge in [-0.15, -0.1) is 0 Å². The molecule has 0 bridgehead atoms. The topological polar surface area (TPSA) is 97.0 Å². The Labute approximate surface area is 146 Å². The number of methoxy groups -OCH3 is 1. The van der Waals surface area contributed by atoms with E-state index in [1.54, 1.807) is 4.90 Å². The van der Waals surface area contributed by atoms with E-state index in [9.17, 15) is 14.4 Å². The number of benzene rings is 1. The highest BCUT2D eigenvalue weighted by Gasteiger charge is 2.25. The Hall–Kier alpha value is -2.77. The average Bonchev–Trinajstić information content (AvgIpc) is 3.03. The lowest BCUT2D eigenvalue weighted by atomic mass is 10.0. The Balaban J connectivity index is 1.98. The highest BCUT2D eigenvalue weighted by Crippen LogP contribution is 2.20. The van der Waals surface area contributed by atoms with Crippen LogP contribution in [0.5, 0.6) is 0 Å². The van der Waals surface area contributed by atoms with E-state index < -0.39 is 12.1 Å². The van der Waals surface area contributed by atoms with Gasteiger partial charge in [0.15, 0.2) is 0 Å². The van der Waals surface area contributed by atoms with Gasteiger partial charge in [-0.25, -0.2) is 9.59 Å². The number of carbonyl (C=O) groups is 3. The molecule has 0 radical (unpaired) electrons. The van der Waals surface area contributed by atoms with Crippen LogP contribution < -0.4 is 15.5 Å². The smallest absolute Gasteiger partial charge is 0.414 e. The number of anilines is 1. The molecule has 1 aliphatic heterocycles. The minimum absolute atomic E-state index is 0.0928. The number of hydrogen-bond donors (Lipinski definition) is 2. The number of carbonyl (C=O) groups excluding carboxylic acids is 3. The fourth-order valence-electron chi connectivity index (χ4n) is 2.48. The van der Waals surface area contributed by atoms with Gasteiger partial charge in [-0.2, -0.15) is 0 Å². The summed E-state index contributed by atoms with van der Waals surface area (Å²) in [7, 11) is 1.25. The Morgan fingerprint density at radius 1 is 1.36 bits per heavy atom. The summed E-state index contributed by atoms with van der Waals surface area (Å²) in [6.45, 7) is 4.82. The molecule has 136 valence electrons. The molecule has 2 N–H and O–H groups in total. The van der Waals surface area contributed by atoms with Crippen molar-refractivity contribution in [3.05, 3.63) is 29.8 Å². The molecule has 3 amide bonds. The van der Waals surface area contributed by atoms with E-state index >= 15 is 0 Å². The van der Waals surface area contributed by atoms with E-state index in [0.29, 0.717) is 13.2 Å². The van der Waals surface area contributed by atoms with Crippen molar-refractivity contribution in [2.24, 2.45) is 5.92 Å². The van der Waals surface area contributed by atoms with Crippen LogP contribution in [-0.4, -0.2) is 44.4 Å². The second-order valence-corrected chi connectivity index (χ2v) is 6.01. The predicted molar refractivity (Wildman–Crippen MR) is 91.1 cm³/mol. The number of alkyl carbamates (subject to hydrolysis) is 1. The lowest BCUT2D eigenvalue weighted by Gasteiger charge is -2.21. The van der Waals surface area contributed by atoms with E-state index in [1.807, 2.05) is 38.1 Å². The second-order valence-electron chi connectivity index (χ2n) is 6.01. The molecule has 8 nitrogen and oxygen atoms in total. The molecule has 2 rings (SSSR count). The summed E-state index contributed by atoms with van der Waals surface area (Å²) in [4.78, 5) is 36.9. The minimum Gasteiger partial charge on any atom is -0.453 e. The first-order valence-electron chi connectivity index (χ1n) is 8.07. The van der Waals surface area contributed by atoms with Gasteiger partial charge in [0, 0.05) is 12.2 Å². The Morgan fingerprint density at radius 2 is 2.12 bits per heavy atom. The lowest BCUT2D eigenvalue weighted by molar-refractivity contribution is -0.124. The number of nitrogens with zero attached hydrogens (tertiary/aromatic N) is 1. The van der Waals surface area contributed by atoms with Gasteiger partial charge in [0.05, 0.1) is 13.7 Å². The first-order chi connectivity index (χ1) is 11.9. The fraction of sp³-hybridized carbons (Fsp3) is 0.471. The van der Waals surface area contributed by atoms with Gasteiger partial charge >= 0.3 is 12.2 Å². The molecule has 1 heterocycles. The lowest BCUT2D eigenvalue weighted by Crippen LogP contribution is -2.49. The van der Waals surface area contributed by atoms with Gasteiger partial charge in [0.25, 0.3) is 0 Å². The van der Waals surface area contributed by atoms with Crippen LogP contribution in [0.25, 0.3) is 0 Å². The van der Waals surface area contributed by atoms with E-state index in [-0.39, 0.29) is 24.5 Å². The van der Waals surface area contributed by atoms with Crippen molar-refractivity contribution >= 4 is 23.8 Å². The van der Waals surface area contributed by atoms with Crippen molar-refractivity contribution in [1.29, 1.82) is 0 Å². The third-order valence-electron chi connectivity index (χ3n) is 3.86. The maximum Gasteiger partial charge on any atom is 0.414 e. The monoisotopic (exact) mass is 349 g/mol. The Morgan fingerprint density at radius 3 is 2.72 bits per heavy atom. The minimum atomic E-state index is -0.691. The molecule has 1 aromatic rings. The largest absolute Gasteiger partial charge is 0.453 e. The summed E-state index contributed by atoms with van der Waals surface area (Å²) in [5.41, 5.74) is 1.56. The second kappa shape index (κ2) is 8.36. The summed E-state index contributed by atoms with van der Waals surface area (Å²) < 4.78 is 9.48. The molecule has 8 heteroatoms. The van der Waals surface area contributed by atoms with Crippen LogP contribution in [-0.2, 0) is 20.8 Å². The maximum absolute atomic E-state index is 12.3. The van der Waals surface area contributed by atoms with Crippen molar-refractivity contribution < 1.29 is 23.9 Å². The molecule has 1 saturated heterocycles. The third kappa shape index (κ3) is 4.85. The van der Waals surface area contributed by atoms with Gasteiger partial charge in [-0.05, 0) is 23.6 Å². The predicted octanol–water partition coefficient (Wildman–Crippen LogP) is 1.64. The van der Waals surface area contributed by atoms with Crippen molar-refractivity contribution in [3.63, 3.8) is 0 Å². The first kappa shape index (κ1) is 18.6. The van der Waals surface area contributed by atoms with Crippen LogP contribution in [0.15, 0.2) is 24.3 Å². The van der Waals surface area contributed by atoms with Crippen LogP contribution in [0.4, 0.5) is 15.3 Å². The summed E-state index contributed by atoms with van der Waals surface area (Å²) in [5.74, 6) is -0.392. The molecule has 0 aliphatic carbocycles. The number of cyclic esters (lactones) is 1. The molecule has 1 atom stereocenters. The highest BCUT2D eigenvalue weighted by atomic mass is 16.6. The number of rotatable bonds is 6. The van der Waals surface area contributed by atoms with Gasteiger partial charge in [-0.3, -0.25) is 9.69 Å². The van der Waals surface area contributed by atoms with Gasteiger partial charge < -0.3 is 20.1 Å². The molecule has 0 saturated carbocycles. The zero-order valence-corrected chi connectivity index (χ0v) is 14.6. The van der Waals surface area contributed by atoms with Crippen LogP contribution >= 0.6 is 0 Å². The standard InChI is InChI=1S/C17H23N3O5/c1-11(2)14(19-16(22)24-3)15(21)18-10-12-5-4-6-13(9-12)20-7-8-25-17(20)23/h4-6,9,11,14H,7-8,10H2,1-3H3,(H,18,21)(H,19,22)/t14-/m0/s1. The van der Waals surface area contributed by atoms with Crippen molar-refractivity contribution in [1.82, 2.24) is 10.6 Å². The molecule has 0 aromatic heterocycles. The number of amides is 3. The van der Waals surface area contributed by atoms with E-state index in [0.717, 1.165) is 11.3 Å². The molecule has 1 fully saturated rings. The summed E-state index contributed by atoms with van der Waals surface area (Å²) in [5, 5.41) is 5.32. The van der Waals surface area contributed by atoms with Gasteiger partial charge in [0.2, 0.25) is 5.91 Å². The highest BCUT2D eigenvalue weighted by molar-refractivity contribution is 5.89. The summed E-state index contributed by atoms with van der Waals surface area (Å²) in [6.07, 6.45) is -1.02. The molecule has 1 aromatic carbocycles. The van der Waals surface area contributed by atoms with Crippen LogP contribution in [0, 0.1) is 5.92 Å². The maximum atomic E-state index is 12.3. The molecular formula is C17H23N3O5. The SMILES string of the molecule is COC(=O)N[C@H](C(=O)NCc1cccc(N2CCOC2=O)c1)C(C)C. The zero-order valence-electron chi connectivity index (χ0n) is 14.6. The summed E-state index contributed by atoms with van der Waals surface area (Å²) >= 11 is 0. The van der Waals surface area contributed by atoms with Crippen molar-refractivity contribution in [3.8, 4) is 0 Å². The molecule has 25 heavy (non-hydrogen) atoms. The van der Waals surface area contributed by atoms with Crippen molar-refractivity contribution in [2.75, 3.05) is 25.2 Å². The van der Waals surface area contributed by atoms with Crippen LogP contribution in [0.1, 0.15) is 19.4 Å². The van der Waals surface area contributed by atoms with E-state index in [1.165, 1.54) is 7.11 Å². The number of hydrogen-bond acceptors (Lipinski definition) is 5. The normalized spacial score (nSPS) is 14.9. The molecule has 0 unspecified atom stereocenters. The van der Waals surface area contributed by atoms with Crippen LogP contribution in [0.2, 0.25) is 0 Å². The Kier molecular flexibility index (Phi) is 6.21. The van der Waals surface area contributed by atoms with Gasteiger partial charge in [-0.1, -0.05) is 26.0 Å². The molecular weight excluding hydrogens is 326 g/mol. The number of ether oxygens (including phenoxy) is 2. The van der Waals surface area contributed by atoms with Crippen molar-refractivity contribution in [2.45, 2.75) is 26.4 Å². The molecule has 0 spiro atoms. The average molecular weight is 349 g/mol. The van der Waals surface area contributed by atoms with E-state index in [2.05, 4.69) is 15.4 Å².